The quantitative estimate of drug-likeness (QED) is 0.212. The van der Waals surface area contributed by atoms with Crippen molar-refractivity contribution in [1.82, 2.24) is 0 Å². The number of hydrogen-bond donors (Lipinski definition) is 0. The van der Waals surface area contributed by atoms with Crippen LogP contribution in [0.1, 0.15) is 11.1 Å². The second-order valence-electron chi connectivity index (χ2n) is 8.41. The summed E-state index contributed by atoms with van der Waals surface area (Å²) < 4.78 is 11.0. The van der Waals surface area contributed by atoms with E-state index in [1.54, 1.807) is 14.2 Å². The second kappa shape index (κ2) is 10.6. The van der Waals surface area contributed by atoms with Crippen LogP contribution in [0, 0.1) is 0 Å². The summed E-state index contributed by atoms with van der Waals surface area (Å²) in [6.45, 7) is 0. The van der Waals surface area contributed by atoms with E-state index < -0.39 is 0 Å². The van der Waals surface area contributed by atoms with Gasteiger partial charge in [0.25, 0.3) is 0 Å². The molecule has 0 saturated heterocycles. The zero-order valence-electron chi connectivity index (χ0n) is 20.2. The van der Waals surface area contributed by atoms with E-state index in [9.17, 15) is 0 Å². The first-order valence-electron chi connectivity index (χ1n) is 11.7. The van der Waals surface area contributed by atoms with Crippen LogP contribution in [0.15, 0.2) is 109 Å². The molecule has 178 valence electrons. The van der Waals surface area contributed by atoms with E-state index >= 15 is 0 Å². The first kappa shape index (κ1) is 23.5. The number of hydrogen-bond acceptors (Lipinski definition) is 3. The summed E-state index contributed by atoms with van der Waals surface area (Å²) in [5.74, 6) is 1.44. The highest BCUT2D eigenvalue weighted by atomic mass is 35.5. The van der Waals surface area contributed by atoms with E-state index in [1.165, 1.54) is 16.3 Å². The molecule has 3 nitrogen and oxygen atoms in total. The van der Waals surface area contributed by atoms with Gasteiger partial charge in [0.2, 0.25) is 0 Å². The van der Waals surface area contributed by atoms with Gasteiger partial charge in [-0.1, -0.05) is 72.3 Å². The Morgan fingerprint density at radius 2 is 1.11 bits per heavy atom. The van der Waals surface area contributed by atoms with Gasteiger partial charge in [-0.05, 0) is 64.4 Å². The van der Waals surface area contributed by atoms with E-state index in [0.717, 1.165) is 34.1 Å². The maximum absolute atomic E-state index is 6.18. The lowest BCUT2D eigenvalue weighted by Gasteiger charge is -2.26. The largest absolute Gasteiger partial charge is 0.497 e. The molecule has 0 amide bonds. The van der Waals surface area contributed by atoms with Crippen LogP contribution in [0.5, 0.6) is 11.5 Å². The molecule has 5 aromatic carbocycles. The molecule has 0 N–H and O–H groups in total. The number of methoxy groups -OCH3 is 2. The van der Waals surface area contributed by atoms with Gasteiger partial charge in [-0.2, -0.15) is 0 Å². The van der Waals surface area contributed by atoms with Crippen molar-refractivity contribution in [2.75, 3.05) is 19.1 Å². The lowest BCUT2D eigenvalue weighted by molar-refractivity contribution is 0.394. The minimum absolute atomic E-state index is 0.691. The molecule has 0 atom stereocenters. The highest BCUT2D eigenvalue weighted by Gasteiger charge is 2.15. The summed E-state index contributed by atoms with van der Waals surface area (Å²) in [6.07, 6.45) is 4.28. The van der Waals surface area contributed by atoms with Gasteiger partial charge in [-0.3, -0.25) is 0 Å². The van der Waals surface area contributed by atoms with Crippen LogP contribution >= 0.6 is 11.6 Å². The number of fused-ring (bicyclic) bond motifs is 1. The molecule has 0 unspecified atom stereocenters. The molecule has 4 heteroatoms. The summed E-state index contributed by atoms with van der Waals surface area (Å²) in [6, 6.07) is 37.0. The molecule has 0 bridgehead atoms. The maximum atomic E-state index is 6.18. The molecule has 5 rings (SSSR count). The molecule has 0 saturated carbocycles. The Morgan fingerprint density at radius 1 is 0.556 bits per heavy atom. The lowest BCUT2D eigenvalue weighted by Crippen LogP contribution is -2.10. The Balaban J connectivity index is 1.48. The fraction of sp³-hybridized carbons (Fsp3) is 0.0625. The summed E-state index contributed by atoms with van der Waals surface area (Å²) in [4.78, 5) is 2.15. The molecule has 0 heterocycles. The summed E-state index contributed by atoms with van der Waals surface area (Å²) >= 11 is 6.18. The first-order chi connectivity index (χ1) is 17.6. The second-order valence-corrected chi connectivity index (χ2v) is 8.85. The van der Waals surface area contributed by atoms with Crippen LogP contribution in [0.3, 0.4) is 0 Å². The van der Waals surface area contributed by atoms with Gasteiger partial charge < -0.3 is 14.4 Å². The van der Waals surface area contributed by atoms with Crippen molar-refractivity contribution >= 4 is 51.6 Å². The number of ether oxygens (including phenoxy) is 2. The Bertz CT molecular complexity index is 1490. The Labute approximate surface area is 216 Å². The van der Waals surface area contributed by atoms with Crippen molar-refractivity contribution in [2.45, 2.75) is 0 Å². The molecule has 0 fully saturated rings. The minimum Gasteiger partial charge on any atom is -0.497 e. The normalized spacial score (nSPS) is 11.1. The molecule has 0 aliphatic heterocycles. The topological polar surface area (TPSA) is 21.7 Å². The fourth-order valence-electron chi connectivity index (χ4n) is 4.20. The van der Waals surface area contributed by atoms with Crippen LogP contribution in [-0.4, -0.2) is 14.2 Å². The number of rotatable bonds is 7. The average Bonchev–Trinajstić information content (AvgIpc) is 2.93. The van der Waals surface area contributed by atoms with Gasteiger partial charge in [0.1, 0.15) is 11.5 Å². The number of nitrogens with zero attached hydrogens (tertiary/aromatic N) is 1. The van der Waals surface area contributed by atoms with Crippen molar-refractivity contribution < 1.29 is 9.47 Å². The SMILES string of the molecule is COc1cc(OC)cc(N(c2ccc(Cl)cc2)c2ccc(C=Cc3ccc4ccccc4c3)cc2)c1. The van der Waals surface area contributed by atoms with E-state index in [0.29, 0.717) is 5.02 Å². The van der Waals surface area contributed by atoms with Gasteiger partial charge in [-0.15, -0.1) is 0 Å². The Hall–Kier alpha value is -4.21. The summed E-state index contributed by atoms with van der Waals surface area (Å²) in [5.41, 5.74) is 5.20. The molecule has 36 heavy (non-hydrogen) atoms. The number of anilines is 3. The van der Waals surface area contributed by atoms with Crippen LogP contribution in [0.4, 0.5) is 17.1 Å². The smallest absolute Gasteiger partial charge is 0.124 e. The van der Waals surface area contributed by atoms with E-state index in [4.69, 9.17) is 21.1 Å². The molecule has 0 spiro atoms. The Kier molecular flexibility index (Phi) is 6.92. The molecule has 0 radical (unpaired) electrons. The predicted molar refractivity (Wildman–Crippen MR) is 152 cm³/mol. The van der Waals surface area contributed by atoms with Crippen molar-refractivity contribution in [3.8, 4) is 11.5 Å². The third-order valence-electron chi connectivity index (χ3n) is 6.07. The monoisotopic (exact) mass is 491 g/mol. The first-order valence-corrected chi connectivity index (χ1v) is 12.1. The lowest BCUT2D eigenvalue weighted by atomic mass is 10.1. The van der Waals surface area contributed by atoms with E-state index in [-0.39, 0.29) is 0 Å². The van der Waals surface area contributed by atoms with Gasteiger partial charge in [-0.25, -0.2) is 0 Å². The molecule has 5 aromatic rings. The predicted octanol–water partition coefficient (Wildman–Crippen LogP) is 9.15. The van der Waals surface area contributed by atoms with Crippen LogP contribution in [0.2, 0.25) is 5.02 Å². The molecular formula is C32H26ClNO2. The summed E-state index contributed by atoms with van der Waals surface area (Å²) in [5, 5.41) is 3.17. The van der Waals surface area contributed by atoms with Gasteiger partial charge >= 0.3 is 0 Å². The third-order valence-corrected chi connectivity index (χ3v) is 6.32. The zero-order valence-corrected chi connectivity index (χ0v) is 20.9. The van der Waals surface area contributed by atoms with Crippen molar-refractivity contribution in [1.29, 1.82) is 0 Å². The van der Waals surface area contributed by atoms with Gasteiger partial charge in [0, 0.05) is 34.6 Å². The number of halogens is 1. The molecule has 0 aromatic heterocycles. The van der Waals surface area contributed by atoms with Crippen LogP contribution < -0.4 is 14.4 Å². The third kappa shape index (κ3) is 5.22. The van der Waals surface area contributed by atoms with Crippen LogP contribution in [-0.2, 0) is 0 Å². The molecule has 0 aliphatic rings. The van der Waals surface area contributed by atoms with Gasteiger partial charge in [0.05, 0.1) is 19.9 Å². The van der Waals surface area contributed by atoms with E-state index in [1.807, 2.05) is 42.5 Å². The standard InChI is InChI=1S/C32H26ClNO2/c1-35-31-20-30(21-32(22-31)36-2)34(29-17-13-27(33)14-18-29)28-15-10-23(11-16-28)7-8-24-9-12-25-5-3-4-6-26(25)19-24/h3-22H,1-2H3. The van der Waals surface area contributed by atoms with Crippen LogP contribution in [0.25, 0.3) is 22.9 Å². The Morgan fingerprint density at radius 3 is 1.75 bits per heavy atom. The number of benzene rings is 5. The van der Waals surface area contributed by atoms with Crippen molar-refractivity contribution in [3.05, 3.63) is 125 Å². The van der Waals surface area contributed by atoms with Crippen molar-refractivity contribution in [2.24, 2.45) is 0 Å². The highest BCUT2D eigenvalue weighted by molar-refractivity contribution is 6.30. The zero-order chi connectivity index (χ0) is 24.9. The maximum Gasteiger partial charge on any atom is 0.124 e. The summed E-state index contributed by atoms with van der Waals surface area (Å²) in [7, 11) is 3.31. The fourth-order valence-corrected chi connectivity index (χ4v) is 4.32. The highest BCUT2D eigenvalue weighted by Crippen LogP contribution is 2.39. The average molecular weight is 492 g/mol. The van der Waals surface area contributed by atoms with Gasteiger partial charge in [0.15, 0.2) is 0 Å². The molecular weight excluding hydrogens is 466 g/mol. The van der Waals surface area contributed by atoms with Crippen molar-refractivity contribution in [3.63, 3.8) is 0 Å². The minimum atomic E-state index is 0.691. The van der Waals surface area contributed by atoms with E-state index in [2.05, 4.69) is 83.8 Å². The molecule has 0 aliphatic carbocycles.